The van der Waals surface area contributed by atoms with Crippen molar-refractivity contribution in [2.75, 3.05) is 34.4 Å². The van der Waals surface area contributed by atoms with Gasteiger partial charge in [-0.3, -0.25) is 9.69 Å². The number of carbonyl (C=O) groups excluding carboxylic acids is 1. The molecule has 0 bridgehead atoms. The molecular formula is C20H26N2O3S. The molecule has 2 heterocycles. The highest BCUT2D eigenvalue weighted by molar-refractivity contribution is 7.10. The van der Waals surface area contributed by atoms with Gasteiger partial charge in [-0.1, -0.05) is 12.1 Å². The van der Waals surface area contributed by atoms with Gasteiger partial charge in [0.05, 0.1) is 20.8 Å². The van der Waals surface area contributed by atoms with Crippen LogP contribution in [0.4, 0.5) is 0 Å². The van der Waals surface area contributed by atoms with Gasteiger partial charge in [0.25, 0.3) is 0 Å². The first-order valence-corrected chi connectivity index (χ1v) is 9.67. The molecule has 1 aliphatic rings. The number of nitrogens with zero attached hydrogens (tertiary/aromatic N) is 2. The molecule has 1 aliphatic heterocycles. The summed E-state index contributed by atoms with van der Waals surface area (Å²) in [7, 11) is 5.08. The smallest absolute Gasteiger partial charge is 0.236 e. The highest BCUT2D eigenvalue weighted by Gasteiger charge is 2.27. The highest BCUT2D eigenvalue weighted by Crippen LogP contribution is 2.33. The topological polar surface area (TPSA) is 42.0 Å². The molecule has 0 aliphatic carbocycles. The van der Waals surface area contributed by atoms with Crippen molar-refractivity contribution in [3.63, 3.8) is 0 Å². The molecule has 1 aromatic carbocycles. The predicted molar refractivity (Wildman–Crippen MR) is 104 cm³/mol. The standard InChI is InChI=1S/C20H26N2O3S/c1-14-16-9-11-26-18(16)8-10-22(14)13-19(23)21(2)12-15-6-5-7-17(24-3)20(15)25-4/h5-7,9,11,14H,8,10,12-13H2,1-4H3. The molecule has 0 N–H and O–H groups in total. The van der Waals surface area contributed by atoms with Gasteiger partial charge in [0.15, 0.2) is 11.5 Å². The van der Waals surface area contributed by atoms with Crippen LogP contribution in [0.5, 0.6) is 11.5 Å². The number of para-hydroxylation sites is 1. The quantitative estimate of drug-likeness (QED) is 0.778. The molecule has 0 saturated heterocycles. The predicted octanol–water partition coefficient (Wildman–Crippen LogP) is 3.34. The summed E-state index contributed by atoms with van der Waals surface area (Å²) in [5.74, 6) is 1.48. The minimum atomic E-state index is 0.111. The monoisotopic (exact) mass is 374 g/mol. The van der Waals surface area contributed by atoms with E-state index in [1.807, 2.05) is 36.6 Å². The van der Waals surface area contributed by atoms with E-state index in [4.69, 9.17) is 9.47 Å². The SMILES string of the molecule is COc1cccc(CN(C)C(=O)CN2CCc3sccc3C2C)c1OC. The van der Waals surface area contributed by atoms with Gasteiger partial charge in [-0.25, -0.2) is 0 Å². The van der Waals surface area contributed by atoms with Crippen LogP contribution in [0.1, 0.15) is 29.0 Å². The van der Waals surface area contributed by atoms with E-state index < -0.39 is 0 Å². The van der Waals surface area contributed by atoms with Gasteiger partial charge in [-0.2, -0.15) is 0 Å². The maximum absolute atomic E-state index is 12.8. The van der Waals surface area contributed by atoms with E-state index in [0.29, 0.717) is 24.6 Å². The largest absolute Gasteiger partial charge is 0.493 e. The number of amides is 1. The first-order chi connectivity index (χ1) is 12.5. The third kappa shape index (κ3) is 3.71. The molecule has 0 saturated carbocycles. The summed E-state index contributed by atoms with van der Waals surface area (Å²) in [6, 6.07) is 8.21. The van der Waals surface area contributed by atoms with Crippen LogP contribution < -0.4 is 9.47 Å². The zero-order chi connectivity index (χ0) is 18.7. The number of ether oxygens (including phenoxy) is 2. The van der Waals surface area contributed by atoms with Crippen molar-refractivity contribution in [3.05, 3.63) is 45.6 Å². The number of rotatable bonds is 6. The molecule has 1 aromatic heterocycles. The summed E-state index contributed by atoms with van der Waals surface area (Å²) in [5, 5.41) is 2.15. The number of thiophene rings is 1. The van der Waals surface area contributed by atoms with E-state index in [2.05, 4.69) is 23.3 Å². The lowest BCUT2D eigenvalue weighted by Gasteiger charge is -2.34. The number of likely N-dealkylation sites (N-methyl/N-ethyl adjacent to an activating group) is 1. The molecule has 0 fully saturated rings. The van der Waals surface area contributed by atoms with E-state index in [1.54, 1.807) is 19.1 Å². The van der Waals surface area contributed by atoms with E-state index in [9.17, 15) is 4.79 Å². The number of hydrogen-bond acceptors (Lipinski definition) is 5. The molecule has 3 rings (SSSR count). The zero-order valence-corrected chi connectivity index (χ0v) is 16.6. The fourth-order valence-corrected chi connectivity index (χ4v) is 4.46. The molecule has 140 valence electrons. The first-order valence-electron chi connectivity index (χ1n) is 8.79. The van der Waals surface area contributed by atoms with Crippen molar-refractivity contribution in [2.24, 2.45) is 0 Å². The number of hydrogen-bond donors (Lipinski definition) is 0. The van der Waals surface area contributed by atoms with E-state index in [-0.39, 0.29) is 11.9 Å². The number of fused-ring (bicyclic) bond motifs is 1. The van der Waals surface area contributed by atoms with Crippen molar-refractivity contribution in [3.8, 4) is 11.5 Å². The molecular weight excluding hydrogens is 348 g/mol. The lowest BCUT2D eigenvalue weighted by molar-refractivity contribution is -0.132. The van der Waals surface area contributed by atoms with E-state index >= 15 is 0 Å². The normalized spacial score (nSPS) is 16.8. The molecule has 0 radical (unpaired) electrons. The number of methoxy groups -OCH3 is 2. The number of benzene rings is 1. The van der Waals surface area contributed by atoms with Gasteiger partial charge in [0.1, 0.15) is 0 Å². The molecule has 1 amide bonds. The average Bonchev–Trinajstić information content (AvgIpc) is 3.13. The van der Waals surface area contributed by atoms with E-state index in [1.165, 1.54) is 10.4 Å². The third-order valence-corrected chi connectivity index (χ3v) is 6.06. The molecule has 1 atom stereocenters. The Kier molecular flexibility index (Phi) is 5.84. The Morgan fingerprint density at radius 2 is 2.12 bits per heavy atom. The number of carbonyl (C=O) groups is 1. The van der Waals surface area contributed by atoms with Crippen LogP contribution in [0.2, 0.25) is 0 Å². The fourth-order valence-electron chi connectivity index (χ4n) is 3.49. The summed E-state index contributed by atoms with van der Waals surface area (Å²) in [6.07, 6.45) is 1.03. The van der Waals surface area contributed by atoms with Gasteiger partial charge in [-0.05, 0) is 36.4 Å². The molecule has 6 heteroatoms. The summed E-state index contributed by atoms with van der Waals surface area (Å²) < 4.78 is 10.8. The second kappa shape index (κ2) is 8.10. The average molecular weight is 375 g/mol. The van der Waals surface area contributed by atoms with Crippen molar-refractivity contribution in [2.45, 2.75) is 25.9 Å². The first kappa shape index (κ1) is 18.7. The minimum Gasteiger partial charge on any atom is -0.493 e. The molecule has 0 spiro atoms. The van der Waals surface area contributed by atoms with Crippen molar-refractivity contribution >= 4 is 17.2 Å². The fraction of sp³-hybridized carbons (Fsp3) is 0.450. The van der Waals surface area contributed by atoms with Crippen LogP contribution in [0.3, 0.4) is 0 Å². The zero-order valence-electron chi connectivity index (χ0n) is 15.8. The Labute approximate surface area is 159 Å². The lowest BCUT2D eigenvalue weighted by atomic mass is 10.0. The van der Waals surface area contributed by atoms with Crippen molar-refractivity contribution in [1.82, 2.24) is 9.80 Å². The minimum absolute atomic E-state index is 0.111. The van der Waals surface area contributed by atoms with Crippen LogP contribution in [-0.4, -0.2) is 50.1 Å². The summed E-state index contributed by atoms with van der Waals surface area (Å²) >= 11 is 1.82. The Hall–Kier alpha value is -2.05. The Bertz CT molecular complexity index is 774. The van der Waals surface area contributed by atoms with Crippen LogP contribution in [0.15, 0.2) is 29.6 Å². The van der Waals surface area contributed by atoms with Crippen LogP contribution in [0, 0.1) is 0 Å². The maximum atomic E-state index is 12.8. The van der Waals surface area contributed by atoms with Crippen LogP contribution in [0.25, 0.3) is 0 Å². The summed E-state index contributed by atoms with van der Waals surface area (Å²) in [5.41, 5.74) is 2.31. The van der Waals surface area contributed by atoms with Gasteiger partial charge < -0.3 is 14.4 Å². The van der Waals surface area contributed by atoms with E-state index in [0.717, 1.165) is 18.5 Å². The Morgan fingerprint density at radius 1 is 1.31 bits per heavy atom. The third-order valence-electron chi connectivity index (χ3n) is 5.06. The molecule has 2 aromatic rings. The molecule has 1 unspecified atom stereocenters. The van der Waals surface area contributed by atoms with Gasteiger partial charge >= 0.3 is 0 Å². The molecule has 26 heavy (non-hydrogen) atoms. The van der Waals surface area contributed by atoms with Crippen molar-refractivity contribution < 1.29 is 14.3 Å². The Morgan fingerprint density at radius 3 is 2.85 bits per heavy atom. The van der Waals surface area contributed by atoms with Gasteiger partial charge in [0.2, 0.25) is 5.91 Å². The summed E-state index contributed by atoms with van der Waals surface area (Å²) in [4.78, 5) is 18.3. The van der Waals surface area contributed by atoms with Crippen LogP contribution >= 0.6 is 11.3 Å². The second-order valence-corrected chi connectivity index (χ2v) is 7.60. The lowest BCUT2D eigenvalue weighted by Crippen LogP contribution is -2.42. The Balaban J connectivity index is 1.66. The van der Waals surface area contributed by atoms with Gasteiger partial charge in [-0.15, -0.1) is 11.3 Å². The van der Waals surface area contributed by atoms with Crippen molar-refractivity contribution in [1.29, 1.82) is 0 Å². The maximum Gasteiger partial charge on any atom is 0.236 e. The summed E-state index contributed by atoms with van der Waals surface area (Å²) in [6.45, 7) is 4.03. The van der Waals surface area contributed by atoms with Crippen LogP contribution in [-0.2, 0) is 17.8 Å². The van der Waals surface area contributed by atoms with Gasteiger partial charge in [0, 0.05) is 36.6 Å². The highest BCUT2D eigenvalue weighted by atomic mass is 32.1. The molecule has 5 nitrogen and oxygen atoms in total. The second-order valence-electron chi connectivity index (χ2n) is 6.60.